The Labute approximate surface area is 164 Å². The molecule has 0 bridgehead atoms. The molecule has 1 aliphatic rings. The molecule has 2 heterocycles. The molecule has 27 heavy (non-hydrogen) atoms. The summed E-state index contributed by atoms with van der Waals surface area (Å²) < 4.78 is 0. The van der Waals surface area contributed by atoms with Gasteiger partial charge in [-0.1, -0.05) is 18.3 Å². The number of hydrogen-bond donors (Lipinski definition) is 2. The maximum Gasteiger partial charge on any atom is 0.233 e. The summed E-state index contributed by atoms with van der Waals surface area (Å²) in [5.41, 5.74) is 2.45. The summed E-state index contributed by atoms with van der Waals surface area (Å²) in [5, 5.41) is 15.0. The lowest BCUT2D eigenvalue weighted by Crippen LogP contribution is -2.12. The van der Waals surface area contributed by atoms with E-state index in [1.165, 1.54) is 23.1 Å². The summed E-state index contributed by atoms with van der Waals surface area (Å²) in [7, 11) is 0. The van der Waals surface area contributed by atoms with Crippen LogP contribution >= 0.6 is 23.1 Å². The van der Waals surface area contributed by atoms with E-state index in [1.807, 2.05) is 31.2 Å². The molecule has 1 amide bonds. The summed E-state index contributed by atoms with van der Waals surface area (Å²) >= 11 is 2.82. The van der Waals surface area contributed by atoms with Crippen LogP contribution in [0.15, 0.2) is 39.8 Å². The lowest BCUT2D eigenvalue weighted by Gasteiger charge is -2.07. The predicted molar refractivity (Wildman–Crippen MR) is 104 cm³/mol. The van der Waals surface area contributed by atoms with Gasteiger partial charge in [-0.05, 0) is 48.9 Å². The van der Waals surface area contributed by atoms with Crippen molar-refractivity contribution in [2.75, 3.05) is 10.6 Å². The third-order valence-electron chi connectivity index (χ3n) is 3.84. The van der Waals surface area contributed by atoms with E-state index < -0.39 is 0 Å². The fourth-order valence-corrected chi connectivity index (χ4v) is 3.49. The van der Waals surface area contributed by atoms with E-state index in [0.29, 0.717) is 28.5 Å². The van der Waals surface area contributed by atoms with E-state index in [4.69, 9.17) is 0 Å². The first-order valence-corrected chi connectivity index (χ1v) is 10.3. The molecule has 0 spiro atoms. The molecule has 0 unspecified atom stereocenters. The lowest BCUT2D eigenvalue weighted by molar-refractivity contribution is -0.117. The van der Waals surface area contributed by atoms with Crippen molar-refractivity contribution >= 4 is 45.8 Å². The van der Waals surface area contributed by atoms with Gasteiger partial charge >= 0.3 is 0 Å². The van der Waals surface area contributed by atoms with Gasteiger partial charge in [-0.3, -0.25) is 10.1 Å². The van der Waals surface area contributed by atoms with Crippen LogP contribution in [0.3, 0.4) is 0 Å². The van der Waals surface area contributed by atoms with Crippen molar-refractivity contribution in [3.8, 4) is 0 Å². The molecule has 0 radical (unpaired) electrons. The van der Waals surface area contributed by atoms with Crippen molar-refractivity contribution in [3.63, 3.8) is 0 Å². The molecule has 1 aromatic carbocycles. The van der Waals surface area contributed by atoms with Crippen molar-refractivity contribution in [1.29, 1.82) is 0 Å². The summed E-state index contributed by atoms with van der Waals surface area (Å²) in [6.07, 6.45) is 2.69. The normalized spacial score (nSPS) is 13.4. The quantitative estimate of drug-likeness (QED) is 0.621. The molecule has 0 atom stereocenters. The number of aryl methyl sites for hydroxylation is 1. The van der Waals surface area contributed by atoms with E-state index in [0.717, 1.165) is 23.4 Å². The van der Waals surface area contributed by atoms with Crippen molar-refractivity contribution in [3.05, 3.63) is 35.6 Å². The van der Waals surface area contributed by atoms with E-state index in [2.05, 4.69) is 35.8 Å². The van der Waals surface area contributed by atoms with Gasteiger partial charge in [0.15, 0.2) is 5.16 Å². The summed E-state index contributed by atoms with van der Waals surface area (Å²) in [6.45, 7) is 2.00. The number of carbonyl (C=O) groups excluding carboxylic acids is 1. The maximum atomic E-state index is 11.8. The predicted octanol–water partition coefficient (Wildman–Crippen LogP) is 3.53. The number of hydrogen-bond acceptors (Lipinski definition) is 9. The highest BCUT2D eigenvalue weighted by atomic mass is 32.2. The van der Waals surface area contributed by atoms with Gasteiger partial charge in [0.25, 0.3) is 0 Å². The Balaban J connectivity index is 1.46. The standard InChI is InChI=1S/C17H17N7OS2/c1-2-13-20-15(23-17-24-18-9-26-17)22-16(21-13)27-12-7-5-11(6-8-12)19-14(25)10-3-4-10/h5-10H,2-4H2,1H3,(H,19,25)(H,20,21,22,23,24). The van der Waals surface area contributed by atoms with Gasteiger partial charge < -0.3 is 5.32 Å². The van der Waals surface area contributed by atoms with Crippen LogP contribution in [0.5, 0.6) is 0 Å². The van der Waals surface area contributed by atoms with Crippen LogP contribution in [0.2, 0.25) is 0 Å². The second-order valence-electron chi connectivity index (χ2n) is 5.97. The highest BCUT2D eigenvalue weighted by Gasteiger charge is 2.29. The molecule has 4 rings (SSSR count). The summed E-state index contributed by atoms with van der Waals surface area (Å²) in [4.78, 5) is 26.1. The number of nitrogens with one attached hydrogen (secondary N) is 2. The highest BCUT2D eigenvalue weighted by molar-refractivity contribution is 7.99. The molecule has 0 saturated heterocycles. The van der Waals surface area contributed by atoms with E-state index in [-0.39, 0.29) is 11.8 Å². The molecule has 1 aliphatic carbocycles. The Morgan fingerprint density at radius 3 is 2.70 bits per heavy atom. The van der Waals surface area contributed by atoms with Crippen LogP contribution in [0.25, 0.3) is 0 Å². The first-order chi connectivity index (χ1) is 13.2. The van der Waals surface area contributed by atoms with Gasteiger partial charge in [-0.2, -0.15) is 9.97 Å². The molecule has 0 aliphatic heterocycles. The minimum absolute atomic E-state index is 0.104. The zero-order valence-electron chi connectivity index (χ0n) is 14.5. The van der Waals surface area contributed by atoms with Crippen LogP contribution in [-0.4, -0.2) is 31.1 Å². The topological polar surface area (TPSA) is 106 Å². The number of rotatable bonds is 7. The lowest BCUT2D eigenvalue weighted by atomic mass is 10.3. The van der Waals surface area contributed by atoms with Crippen molar-refractivity contribution in [1.82, 2.24) is 25.1 Å². The number of amides is 1. The van der Waals surface area contributed by atoms with E-state index >= 15 is 0 Å². The Kier molecular flexibility index (Phi) is 5.26. The molecule has 10 heteroatoms. The maximum absolute atomic E-state index is 11.8. The number of carbonyl (C=O) groups is 1. The van der Waals surface area contributed by atoms with Crippen LogP contribution in [0, 0.1) is 5.92 Å². The molecular formula is C17H17N7OS2. The van der Waals surface area contributed by atoms with Crippen molar-refractivity contribution in [2.24, 2.45) is 5.92 Å². The molecule has 2 N–H and O–H groups in total. The van der Waals surface area contributed by atoms with Gasteiger partial charge in [0, 0.05) is 22.9 Å². The first kappa shape index (κ1) is 17.8. The fraction of sp³-hybridized carbons (Fsp3) is 0.294. The largest absolute Gasteiger partial charge is 0.326 e. The van der Waals surface area contributed by atoms with Crippen LogP contribution in [0.4, 0.5) is 16.8 Å². The SMILES string of the molecule is CCc1nc(Nc2nncs2)nc(Sc2ccc(NC(=O)C3CC3)cc2)n1. The van der Waals surface area contributed by atoms with Crippen molar-refractivity contribution < 1.29 is 4.79 Å². The van der Waals surface area contributed by atoms with Gasteiger partial charge in [0.05, 0.1) is 0 Å². The summed E-state index contributed by atoms with van der Waals surface area (Å²) in [6, 6.07) is 7.68. The molecule has 8 nitrogen and oxygen atoms in total. The number of benzene rings is 1. The van der Waals surface area contributed by atoms with Gasteiger partial charge in [-0.25, -0.2) is 4.98 Å². The highest BCUT2D eigenvalue weighted by Crippen LogP contribution is 2.31. The van der Waals surface area contributed by atoms with Crippen molar-refractivity contribution in [2.45, 2.75) is 36.2 Å². The average molecular weight is 400 g/mol. The van der Waals surface area contributed by atoms with E-state index in [9.17, 15) is 4.79 Å². The molecule has 1 fully saturated rings. The third-order valence-corrected chi connectivity index (χ3v) is 5.32. The molecule has 3 aromatic rings. The summed E-state index contributed by atoms with van der Waals surface area (Å²) in [5.74, 6) is 1.45. The molecule has 1 saturated carbocycles. The zero-order chi connectivity index (χ0) is 18.6. The first-order valence-electron chi connectivity index (χ1n) is 8.56. The second kappa shape index (κ2) is 7.97. The Hall–Kier alpha value is -2.59. The second-order valence-corrected chi connectivity index (χ2v) is 7.84. The smallest absolute Gasteiger partial charge is 0.233 e. The van der Waals surface area contributed by atoms with Crippen LogP contribution in [-0.2, 0) is 11.2 Å². The van der Waals surface area contributed by atoms with Gasteiger partial charge in [0.2, 0.25) is 17.0 Å². The monoisotopic (exact) mass is 399 g/mol. The average Bonchev–Trinajstić information content (AvgIpc) is 3.41. The minimum atomic E-state index is 0.104. The third kappa shape index (κ3) is 4.77. The van der Waals surface area contributed by atoms with Gasteiger partial charge in [-0.15, -0.1) is 10.2 Å². The Bertz CT molecular complexity index is 927. The number of nitrogens with zero attached hydrogens (tertiary/aromatic N) is 5. The zero-order valence-corrected chi connectivity index (χ0v) is 16.2. The Morgan fingerprint density at radius 1 is 1.22 bits per heavy atom. The Morgan fingerprint density at radius 2 is 2.04 bits per heavy atom. The molecule has 138 valence electrons. The number of anilines is 3. The van der Waals surface area contributed by atoms with Gasteiger partial charge in [0.1, 0.15) is 11.3 Å². The van der Waals surface area contributed by atoms with Crippen LogP contribution in [0.1, 0.15) is 25.6 Å². The molecule has 2 aromatic heterocycles. The van der Waals surface area contributed by atoms with Crippen LogP contribution < -0.4 is 10.6 Å². The molecular weight excluding hydrogens is 382 g/mol. The van der Waals surface area contributed by atoms with E-state index in [1.54, 1.807) is 5.51 Å². The number of aromatic nitrogens is 5. The minimum Gasteiger partial charge on any atom is -0.326 e. The fourth-order valence-electron chi connectivity index (χ4n) is 2.28.